The Morgan fingerprint density at radius 2 is 1.76 bits per heavy atom. The summed E-state index contributed by atoms with van der Waals surface area (Å²) >= 11 is 0. The summed E-state index contributed by atoms with van der Waals surface area (Å²) in [6, 6.07) is 19.0. The monoisotopic (exact) mass is 574 g/mol. The van der Waals surface area contributed by atoms with Crippen molar-refractivity contribution in [3.8, 4) is 5.88 Å². The third kappa shape index (κ3) is 7.77. The Hall–Kier alpha value is -3.69. The first kappa shape index (κ1) is 29.8. The molecule has 42 heavy (non-hydrogen) atoms. The first-order valence-corrected chi connectivity index (χ1v) is 15.1. The van der Waals surface area contributed by atoms with Crippen molar-refractivity contribution in [1.29, 1.82) is 0 Å². The van der Waals surface area contributed by atoms with Crippen molar-refractivity contribution in [3.05, 3.63) is 60.2 Å². The molecule has 0 bridgehead atoms. The Morgan fingerprint density at radius 3 is 2.60 bits per heavy atom. The molecule has 2 aromatic carbocycles. The Balaban J connectivity index is 1.04. The number of nitrogens with zero attached hydrogens (tertiary/aromatic N) is 4. The van der Waals surface area contributed by atoms with Gasteiger partial charge in [-0.15, -0.1) is 0 Å². The fourth-order valence-corrected chi connectivity index (χ4v) is 5.46. The van der Waals surface area contributed by atoms with Crippen molar-refractivity contribution in [2.24, 2.45) is 5.92 Å². The van der Waals surface area contributed by atoms with Gasteiger partial charge in [0.15, 0.2) is 6.73 Å². The minimum atomic E-state index is -0.502. The number of aryl methyl sites for hydroxylation is 1. The highest BCUT2D eigenvalue weighted by Gasteiger charge is 2.27. The van der Waals surface area contributed by atoms with E-state index in [-0.39, 0.29) is 19.2 Å². The van der Waals surface area contributed by atoms with Crippen LogP contribution in [0.5, 0.6) is 5.88 Å². The van der Waals surface area contributed by atoms with Crippen LogP contribution in [-0.4, -0.2) is 81.0 Å². The summed E-state index contributed by atoms with van der Waals surface area (Å²) in [4.78, 5) is 35.7. The molecule has 9 heteroatoms. The SMILES string of the molecule is CC(C)COCC(=O)OCN1C(=O)CCc2ccc(OCCCCN3CCN(c4cccc5ccccc45)CC3)nc21. The number of aromatic nitrogens is 1. The van der Waals surface area contributed by atoms with Crippen LogP contribution in [0.3, 0.4) is 0 Å². The molecule has 9 nitrogen and oxygen atoms in total. The van der Waals surface area contributed by atoms with Crippen LogP contribution in [0.25, 0.3) is 10.8 Å². The van der Waals surface area contributed by atoms with Crippen LogP contribution < -0.4 is 14.5 Å². The van der Waals surface area contributed by atoms with Crippen molar-refractivity contribution in [2.75, 3.05) is 69.1 Å². The average molecular weight is 575 g/mol. The largest absolute Gasteiger partial charge is 0.478 e. The van der Waals surface area contributed by atoms with E-state index >= 15 is 0 Å². The van der Waals surface area contributed by atoms with Gasteiger partial charge in [-0.05, 0) is 54.8 Å². The predicted molar refractivity (Wildman–Crippen MR) is 164 cm³/mol. The summed E-state index contributed by atoms with van der Waals surface area (Å²) in [7, 11) is 0. The predicted octanol–water partition coefficient (Wildman–Crippen LogP) is 4.67. The van der Waals surface area contributed by atoms with Crippen molar-refractivity contribution < 1.29 is 23.8 Å². The van der Waals surface area contributed by atoms with Gasteiger partial charge in [-0.25, -0.2) is 4.79 Å². The van der Waals surface area contributed by atoms with Gasteiger partial charge in [0.05, 0.1) is 6.61 Å². The lowest BCUT2D eigenvalue weighted by Crippen LogP contribution is -2.46. The van der Waals surface area contributed by atoms with Crippen molar-refractivity contribution >= 4 is 34.2 Å². The third-order valence-electron chi connectivity index (χ3n) is 7.72. The minimum absolute atomic E-state index is 0.122. The lowest BCUT2D eigenvalue weighted by molar-refractivity contribution is -0.149. The molecule has 2 aliphatic rings. The number of esters is 1. The Bertz CT molecular complexity index is 1350. The zero-order valence-electron chi connectivity index (χ0n) is 24.8. The fraction of sp³-hybridized carbons (Fsp3) is 0.485. The number of ether oxygens (including phenoxy) is 3. The Morgan fingerprint density at radius 1 is 0.952 bits per heavy atom. The van der Waals surface area contributed by atoms with E-state index < -0.39 is 5.97 Å². The highest BCUT2D eigenvalue weighted by atomic mass is 16.6. The van der Waals surface area contributed by atoms with Crippen LogP contribution in [0, 0.1) is 5.92 Å². The zero-order valence-corrected chi connectivity index (χ0v) is 24.8. The molecule has 0 atom stereocenters. The first-order valence-electron chi connectivity index (χ1n) is 15.1. The lowest BCUT2D eigenvalue weighted by atomic mass is 10.1. The van der Waals surface area contributed by atoms with Crippen molar-refractivity contribution in [3.63, 3.8) is 0 Å². The number of hydrogen-bond donors (Lipinski definition) is 0. The van der Waals surface area contributed by atoms with Gasteiger partial charge in [-0.3, -0.25) is 14.6 Å². The van der Waals surface area contributed by atoms with Gasteiger partial charge < -0.3 is 19.1 Å². The van der Waals surface area contributed by atoms with Gasteiger partial charge >= 0.3 is 5.97 Å². The summed E-state index contributed by atoms with van der Waals surface area (Å²) in [6.45, 7) is 9.93. The normalized spacial score (nSPS) is 15.7. The Kier molecular flexibility index (Phi) is 10.3. The number of piperazine rings is 1. The second-order valence-corrected chi connectivity index (χ2v) is 11.4. The van der Waals surface area contributed by atoms with Crippen LogP contribution in [0.15, 0.2) is 54.6 Å². The molecule has 5 rings (SSSR count). The van der Waals surface area contributed by atoms with Gasteiger partial charge in [0.1, 0.15) is 12.4 Å². The quantitative estimate of drug-likeness (QED) is 0.215. The molecule has 0 unspecified atom stereocenters. The highest BCUT2D eigenvalue weighted by molar-refractivity contribution is 5.95. The molecular formula is C33H42N4O5. The number of carbonyl (C=O) groups is 2. The standard InChI is InChI=1S/C33H42N4O5/c1-25(2)22-40-23-32(39)42-24-37-31(38)15-13-27-12-14-30(34-33(27)37)41-21-6-5-16-35-17-19-36(20-18-35)29-11-7-9-26-8-3-4-10-28(26)29/h3-4,7-12,14,25H,5-6,13,15-24H2,1-2H3. The molecule has 0 radical (unpaired) electrons. The smallest absolute Gasteiger partial charge is 0.333 e. The van der Waals surface area contributed by atoms with Crippen LogP contribution in [0.2, 0.25) is 0 Å². The number of benzene rings is 2. The maximum absolute atomic E-state index is 12.6. The van der Waals surface area contributed by atoms with E-state index in [2.05, 4.69) is 57.2 Å². The van der Waals surface area contributed by atoms with Crippen LogP contribution in [-0.2, 0) is 25.5 Å². The molecule has 1 amide bonds. The molecule has 0 N–H and O–H groups in total. The molecule has 0 saturated carbocycles. The second-order valence-electron chi connectivity index (χ2n) is 11.4. The van der Waals surface area contributed by atoms with Crippen LogP contribution in [0.1, 0.15) is 38.7 Å². The maximum Gasteiger partial charge on any atom is 0.333 e. The number of hydrogen-bond acceptors (Lipinski definition) is 8. The summed E-state index contributed by atoms with van der Waals surface area (Å²) in [5, 5.41) is 2.61. The fourth-order valence-electron chi connectivity index (χ4n) is 5.46. The zero-order chi connectivity index (χ0) is 29.3. The number of amides is 1. The lowest BCUT2D eigenvalue weighted by Gasteiger charge is -2.36. The van der Waals surface area contributed by atoms with E-state index in [1.54, 1.807) is 0 Å². The number of rotatable bonds is 13. The topological polar surface area (TPSA) is 84.4 Å². The number of pyridine rings is 1. The number of unbranched alkanes of at least 4 members (excludes halogenated alkanes) is 1. The van der Waals surface area contributed by atoms with Crippen LogP contribution in [0.4, 0.5) is 11.5 Å². The van der Waals surface area contributed by atoms with Gasteiger partial charge in [0, 0.05) is 56.3 Å². The van der Waals surface area contributed by atoms with Crippen molar-refractivity contribution in [2.45, 2.75) is 39.5 Å². The average Bonchev–Trinajstić information content (AvgIpc) is 3.00. The number of carbonyl (C=O) groups excluding carboxylic acids is 2. The minimum Gasteiger partial charge on any atom is -0.478 e. The molecule has 3 aromatic rings. The summed E-state index contributed by atoms with van der Waals surface area (Å²) in [5.41, 5.74) is 2.27. The second kappa shape index (κ2) is 14.5. The highest BCUT2D eigenvalue weighted by Crippen LogP contribution is 2.29. The summed E-state index contributed by atoms with van der Waals surface area (Å²) in [6.07, 6.45) is 2.92. The number of fused-ring (bicyclic) bond motifs is 2. The molecule has 0 spiro atoms. The molecular weight excluding hydrogens is 532 g/mol. The van der Waals surface area contributed by atoms with E-state index in [0.717, 1.165) is 51.1 Å². The van der Waals surface area contributed by atoms with E-state index in [1.807, 2.05) is 26.0 Å². The summed E-state index contributed by atoms with van der Waals surface area (Å²) in [5.74, 6) is 0.682. The van der Waals surface area contributed by atoms with E-state index in [0.29, 0.717) is 43.7 Å². The van der Waals surface area contributed by atoms with Gasteiger partial charge in [-0.1, -0.05) is 50.2 Å². The molecule has 0 aliphatic carbocycles. The van der Waals surface area contributed by atoms with Crippen molar-refractivity contribution in [1.82, 2.24) is 9.88 Å². The molecule has 1 saturated heterocycles. The molecule has 1 fully saturated rings. The van der Waals surface area contributed by atoms with E-state index in [9.17, 15) is 9.59 Å². The first-order chi connectivity index (χ1) is 20.5. The van der Waals surface area contributed by atoms with E-state index in [4.69, 9.17) is 14.2 Å². The molecule has 2 aliphatic heterocycles. The third-order valence-corrected chi connectivity index (χ3v) is 7.72. The Labute approximate surface area is 248 Å². The van der Waals surface area contributed by atoms with Gasteiger partial charge in [0.25, 0.3) is 0 Å². The number of anilines is 2. The van der Waals surface area contributed by atoms with Gasteiger partial charge in [-0.2, -0.15) is 4.98 Å². The van der Waals surface area contributed by atoms with Gasteiger partial charge in [0.2, 0.25) is 11.8 Å². The molecule has 1 aromatic heterocycles. The van der Waals surface area contributed by atoms with E-state index in [1.165, 1.54) is 21.4 Å². The summed E-state index contributed by atoms with van der Waals surface area (Å²) < 4.78 is 16.6. The molecule has 224 valence electrons. The molecule has 3 heterocycles. The maximum atomic E-state index is 12.6. The van der Waals surface area contributed by atoms with Crippen LogP contribution >= 0.6 is 0 Å².